The zero-order valence-electron chi connectivity index (χ0n) is 13.7. The standard InChI is InChI=1S/C20H14N2O2S2/c23-19-17(26-20(25)22-19)8-15-7-14-9-21-10-16(18(14)24-15)13-5-3-12(4-6-13)11-1-2-11/h3-11H,1-2H2,(H,22,23,25)/b17-8-. The van der Waals surface area contributed by atoms with Crippen molar-refractivity contribution in [1.29, 1.82) is 0 Å². The summed E-state index contributed by atoms with van der Waals surface area (Å²) in [6.07, 6.45) is 7.90. The number of thiocarbonyl (C=S) groups is 1. The number of rotatable bonds is 3. The number of carbonyl (C=O) groups excluding carboxylic acids is 1. The smallest absolute Gasteiger partial charge is 0.263 e. The summed E-state index contributed by atoms with van der Waals surface area (Å²) in [5.41, 5.74) is 4.21. The van der Waals surface area contributed by atoms with E-state index in [4.69, 9.17) is 16.6 Å². The van der Waals surface area contributed by atoms with E-state index in [0.29, 0.717) is 15.0 Å². The fourth-order valence-electron chi connectivity index (χ4n) is 3.16. The van der Waals surface area contributed by atoms with Gasteiger partial charge in [-0.05, 0) is 36.0 Å². The Bertz CT molecular complexity index is 1080. The van der Waals surface area contributed by atoms with E-state index in [2.05, 4.69) is 34.6 Å². The maximum absolute atomic E-state index is 11.8. The number of fused-ring (bicyclic) bond motifs is 1. The number of furan rings is 1. The minimum Gasteiger partial charge on any atom is -0.456 e. The number of pyridine rings is 1. The third kappa shape index (κ3) is 2.85. The molecule has 0 atom stereocenters. The van der Waals surface area contributed by atoms with Gasteiger partial charge < -0.3 is 9.73 Å². The molecule has 1 aromatic carbocycles. The van der Waals surface area contributed by atoms with E-state index in [1.165, 1.54) is 30.2 Å². The molecule has 1 saturated heterocycles. The quantitative estimate of drug-likeness (QED) is 0.521. The predicted molar refractivity (Wildman–Crippen MR) is 108 cm³/mol. The second-order valence-corrected chi connectivity index (χ2v) is 8.22. The van der Waals surface area contributed by atoms with E-state index in [0.717, 1.165) is 28.0 Å². The first kappa shape index (κ1) is 15.8. The summed E-state index contributed by atoms with van der Waals surface area (Å²) in [6, 6.07) is 10.5. The predicted octanol–water partition coefficient (Wildman–Crippen LogP) is 4.86. The van der Waals surface area contributed by atoms with Crippen LogP contribution in [0.5, 0.6) is 0 Å². The molecule has 0 bridgehead atoms. The zero-order valence-corrected chi connectivity index (χ0v) is 15.3. The molecule has 128 valence electrons. The normalized spacial score (nSPS) is 18.7. The molecule has 1 N–H and O–H groups in total. The lowest BCUT2D eigenvalue weighted by molar-refractivity contribution is -0.115. The van der Waals surface area contributed by atoms with Crippen LogP contribution in [0.2, 0.25) is 0 Å². The maximum atomic E-state index is 11.8. The average molecular weight is 378 g/mol. The first-order valence-electron chi connectivity index (χ1n) is 8.40. The zero-order chi connectivity index (χ0) is 17.7. The van der Waals surface area contributed by atoms with Crippen molar-refractivity contribution in [3.05, 3.63) is 59.0 Å². The van der Waals surface area contributed by atoms with E-state index in [1.807, 2.05) is 12.3 Å². The first-order valence-corrected chi connectivity index (χ1v) is 9.62. The van der Waals surface area contributed by atoms with Gasteiger partial charge in [0, 0.05) is 29.4 Å². The van der Waals surface area contributed by atoms with Crippen LogP contribution in [0.1, 0.15) is 30.1 Å². The Kier molecular flexibility index (Phi) is 3.69. The number of hydrogen-bond acceptors (Lipinski definition) is 5. The SMILES string of the molecule is O=C1NC(=S)S/C1=C\c1cc2cncc(-c3ccc(C4CC4)cc3)c2o1. The minimum atomic E-state index is -0.186. The number of carbonyl (C=O) groups is 1. The van der Waals surface area contributed by atoms with Crippen molar-refractivity contribution in [1.82, 2.24) is 10.3 Å². The van der Waals surface area contributed by atoms with Gasteiger partial charge in [0.2, 0.25) is 0 Å². The number of aromatic nitrogens is 1. The Morgan fingerprint density at radius 1 is 1.23 bits per heavy atom. The molecule has 6 heteroatoms. The van der Waals surface area contributed by atoms with Crippen LogP contribution < -0.4 is 5.32 Å². The highest BCUT2D eigenvalue weighted by Crippen LogP contribution is 2.41. The van der Waals surface area contributed by atoms with Crippen LogP contribution in [0.15, 0.2) is 52.0 Å². The monoisotopic (exact) mass is 378 g/mol. The Balaban J connectivity index is 1.54. The van der Waals surface area contributed by atoms with E-state index in [-0.39, 0.29) is 5.91 Å². The summed E-state index contributed by atoms with van der Waals surface area (Å²) in [5.74, 6) is 1.17. The third-order valence-electron chi connectivity index (χ3n) is 4.63. The van der Waals surface area contributed by atoms with Crippen molar-refractivity contribution in [3.63, 3.8) is 0 Å². The number of nitrogens with zero attached hydrogens (tertiary/aromatic N) is 1. The third-order valence-corrected chi connectivity index (χ3v) is 5.79. The molecule has 5 rings (SSSR count). The lowest BCUT2D eigenvalue weighted by Crippen LogP contribution is -2.17. The summed E-state index contributed by atoms with van der Waals surface area (Å²) in [7, 11) is 0. The Morgan fingerprint density at radius 3 is 2.73 bits per heavy atom. The lowest BCUT2D eigenvalue weighted by atomic mass is 10.0. The topological polar surface area (TPSA) is 55.1 Å². The van der Waals surface area contributed by atoms with Crippen LogP contribution in [-0.4, -0.2) is 15.2 Å². The summed E-state index contributed by atoms with van der Waals surface area (Å²) in [5, 5.41) is 3.52. The maximum Gasteiger partial charge on any atom is 0.263 e. The van der Waals surface area contributed by atoms with Crippen LogP contribution in [0.25, 0.3) is 28.2 Å². The van der Waals surface area contributed by atoms with Crippen molar-refractivity contribution >= 4 is 51.3 Å². The number of nitrogens with one attached hydrogen (secondary N) is 1. The van der Waals surface area contributed by atoms with Crippen LogP contribution in [-0.2, 0) is 4.79 Å². The fraction of sp³-hybridized carbons (Fsp3) is 0.150. The molecular weight excluding hydrogens is 364 g/mol. The highest BCUT2D eigenvalue weighted by Gasteiger charge is 2.24. The van der Waals surface area contributed by atoms with Gasteiger partial charge in [-0.15, -0.1) is 0 Å². The number of thioether (sulfide) groups is 1. The first-order chi connectivity index (χ1) is 12.7. The molecule has 0 spiro atoms. The lowest BCUT2D eigenvalue weighted by Gasteiger charge is -2.04. The molecule has 1 aliphatic carbocycles. The largest absolute Gasteiger partial charge is 0.456 e. The van der Waals surface area contributed by atoms with Gasteiger partial charge >= 0.3 is 0 Å². The second-order valence-electron chi connectivity index (χ2n) is 6.50. The number of amides is 1. The fourth-order valence-corrected chi connectivity index (χ4v) is 4.18. The molecule has 2 fully saturated rings. The van der Waals surface area contributed by atoms with Crippen molar-refractivity contribution < 1.29 is 9.21 Å². The van der Waals surface area contributed by atoms with Gasteiger partial charge in [-0.25, -0.2) is 0 Å². The molecule has 1 amide bonds. The van der Waals surface area contributed by atoms with E-state index < -0.39 is 0 Å². The molecule has 1 saturated carbocycles. The molecule has 2 aliphatic rings. The molecule has 0 radical (unpaired) electrons. The summed E-state index contributed by atoms with van der Waals surface area (Å²) < 4.78 is 6.50. The van der Waals surface area contributed by atoms with Crippen molar-refractivity contribution in [2.24, 2.45) is 0 Å². The van der Waals surface area contributed by atoms with Crippen LogP contribution in [0, 0.1) is 0 Å². The molecule has 0 unspecified atom stereocenters. The van der Waals surface area contributed by atoms with E-state index in [9.17, 15) is 4.79 Å². The molecule has 26 heavy (non-hydrogen) atoms. The highest BCUT2D eigenvalue weighted by atomic mass is 32.2. The Morgan fingerprint density at radius 2 is 2.04 bits per heavy atom. The van der Waals surface area contributed by atoms with Gasteiger partial charge in [-0.1, -0.05) is 48.2 Å². The Hall–Kier alpha value is -2.44. The Labute approximate surface area is 159 Å². The molecular formula is C20H14N2O2S2. The van der Waals surface area contributed by atoms with Gasteiger partial charge in [-0.2, -0.15) is 0 Å². The van der Waals surface area contributed by atoms with Gasteiger partial charge in [-0.3, -0.25) is 9.78 Å². The van der Waals surface area contributed by atoms with Crippen LogP contribution in [0.3, 0.4) is 0 Å². The van der Waals surface area contributed by atoms with Gasteiger partial charge in [0.15, 0.2) is 0 Å². The minimum absolute atomic E-state index is 0.186. The number of benzene rings is 1. The van der Waals surface area contributed by atoms with Crippen LogP contribution in [0.4, 0.5) is 0 Å². The molecule has 3 heterocycles. The van der Waals surface area contributed by atoms with Crippen molar-refractivity contribution in [2.45, 2.75) is 18.8 Å². The van der Waals surface area contributed by atoms with Crippen LogP contribution >= 0.6 is 24.0 Å². The molecule has 2 aromatic heterocycles. The van der Waals surface area contributed by atoms with Crippen molar-refractivity contribution in [2.75, 3.05) is 0 Å². The summed E-state index contributed by atoms with van der Waals surface area (Å²) in [6.45, 7) is 0. The molecule has 3 aromatic rings. The van der Waals surface area contributed by atoms with Crippen molar-refractivity contribution in [3.8, 4) is 11.1 Å². The second kappa shape index (κ2) is 6.07. The van der Waals surface area contributed by atoms with E-state index in [1.54, 1.807) is 12.3 Å². The number of hydrogen-bond donors (Lipinski definition) is 1. The van der Waals surface area contributed by atoms with Gasteiger partial charge in [0.05, 0.1) is 4.91 Å². The average Bonchev–Trinajstić information content (AvgIpc) is 3.33. The molecule has 1 aliphatic heterocycles. The molecule has 4 nitrogen and oxygen atoms in total. The summed E-state index contributed by atoms with van der Waals surface area (Å²) in [4.78, 5) is 16.7. The summed E-state index contributed by atoms with van der Waals surface area (Å²) >= 11 is 6.27. The van der Waals surface area contributed by atoms with Gasteiger partial charge in [0.1, 0.15) is 15.7 Å². The van der Waals surface area contributed by atoms with Gasteiger partial charge in [0.25, 0.3) is 5.91 Å². The highest BCUT2D eigenvalue weighted by molar-refractivity contribution is 8.26. The van der Waals surface area contributed by atoms with E-state index >= 15 is 0 Å².